The van der Waals surface area contributed by atoms with E-state index in [1.54, 1.807) is 18.2 Å². The third-order valence-corrected chi connectivity index (χ3v) is 4.59. The van der Waals surface area contributed by atoms with Gasteiger partial charge in [-0.15, -0.1) is 0 Å². The van der Waals surface area contributed by atoms with Crippen molar-refractivity contribution in [1.82, 2.24) is 5.32 Å². The molecule has 2 aromatic carbocycles. The smallest absolute Gasteiger partial charge is 0.244 e. The van der Waals surface area contributed by atoms with Gasteiger partial charge in [0.1, 0.15) is 19.0 Å². The highest BCUT2D eigenvalue weighted by atomic mass is 19.1. The summed E-state index contributed by atoms with van der Waals surface area (Å²) >= 11 is 0. The third-order valence-electron chi connectivity index (χ3n) is 4.59. The highest BCUT2D eigenvalue weighted by Gasteiger charge is 2.33. The summed E-state index contributed by atoms with van der Waals surface area (Å²) in [6, 6.07) is 11.9. The fraction of sp³-hybridized carbons (Fsp3) is 0.286. The number of nitrogens with one attached hydrogen (secondary N) is 1. The standard InChI is InChI=1S/C21H20FNO3/c22-17-3-1-2-14(12-17)4-9-20(24)23-21(15-5-6-15)16-7-8-18-19(13-16)26-11-10-25-18/h1-4,7-9,12-13,15,21H,5-6,10-11H2,(H,23,24). The number of carbonyl (C=O) groups is 1. The zero-order valence-corrected chi connectivity index (χ0v) is 14.3. The van der Waals surface area contributed by atoms with E-state index in [4.69, 9.17) is 9.47 Å². The Kier molecular flexibility index (Phi) is 4.61. The van der Waals surface area contributed by atoms with Crippen LogP contribution in [0.3, 0.4) is 0 Å². The summed E-state index contributed by atoms with van der Waals surface area (Å²) in [6.07, 6.45) is 5.24. The van der Waals surface area contributed by atoms with Gasteiger partial charge in [-0.2, -0.15) is 0 Å². The first-order chi connectivity index (χ1) is 12.7. The topological polar surface area (TPSA) is 47.6 Å². The van der Waals surface area contributed by atoms with Crippen LogP contribution in [0.15, 0.2) is 48.5 Å². The van der Waals surface area contributed by atoms with E-state index in [0.29, 0.717) is 24.7 Å². The maximum Gasteiger partial charge on any atom is 0.244 e. The third kappa shape index (κ3) is 3.87. The summed E-state index contributed by atoms with van der Waals surface area (Å²) < 4.78 is 24.4. The Bertz CT molecular complexity index is 845. The van der Waals surface area contributed by atoms with Crippen molar-refractivity contribution in [3.63, 3.8) is 0 Å². The number of hydrogen-bond donors (Lipinski definition) is 1. The molecule has 4 rings (SSSR count). The molecule has 1 N–H and O–H groups in total. The molecule has 0 bridgehead atoms. The molecule has 1 heterocycles. The molecule has 0 spiro atoms. The second-order valence-electron chi connectivity index (χ2n) is 6.62. The first-order valence-electron chi connectivity index (χ1n) is 8.83. The minimum absolute atomic E-state index is 0.0597. The van der Waals surface area contributed by atoms with E-state index in [1.165, 1.54) is 18.2 Å². The normalized spacial score (nSPS) is 17.1. The van der Waals surface area contributed by atoms with Gasteiger partial charge in [-0.05, 0) is 60.2 Å². The number of benzene rings is 2. The molecule has 1 aliphatic carbocycles. The number of fused-ring (bicyclic) bond motifs is 1. The molecule has 1 saturated carbocycles. The molecule has 1 fully saturated rings. The molecule has 26 heavy (non-hydrogen) atoms. The van der Waals surface area contributed by atoms with Crippen LogP contribution >= 0.6 is 0 Å². The number of hydrogen-bond acceptors (Lipinski definition) is 3. The van der Waals surface area contributed by atoms with Crippen molar-refractivity contribution in [1.29, 1.82) is 0 Å². The van der Waals surface area contributed by atoms with Crippen molar-refractivity contribution < 1.29 is 18.7 Å². The highest BCUT2D eigenvalue weighted by Crippen LogP contribution is 2.43. The molecule has 2 aromatic rings. The molecule has 134 valence electrons. The summed E-state index contributed by atoms with van der Waals surface area (Å²) in [5.74, 6) is 1.39. The van der Waals surface area contributed by atoms with Crippen molar-refractivity contribution in [3.8, 4) is 11.5 Å². The van der Waals surface area contributed by atoms with Gasteiger partial charge in [0.05, 0.1) is 6.04 Å². The molecule has 5 heteroatoms. The maximum absolute atomic E-state index is 13.2. The SMILES string of the molecule is O=C(C=Cc1cccc(F)c1)NC(c1ccc2c(c1)OCCO2)C1CC1. The quantitative estimate of drug-likeness (QED) is 0.830. The van der Waals surface area contributed by atoms with Gasteiger partial charge in [0.15, 0.2) is 11.5 Å². The zero-order valence-electron chi connectivity index (χ0n) is 14.3. The average Bonchev–Trinajstić information content (AvgIpc) is 3.49. The van der Waals surface area contributed by atoms with Crippen LogP contribution < -0.4 is 14.8 Å². The first-order valence-corrected chi connectivity index (χ1v) is 8.83. The second kappa shape index (κ2) is 7.20. The van der Waals surface area contributed by atoms with E-state index in [2.05, 4.69) is 5.32 Å². The zero-order chi connectivity index (χ0) is 17.9. The van der Waals surface area contributed by atoms with Crippen LogP contribution in [0.4, 0.5) is 4.39 Å². The maximum atomic E-state index is 13.2. The van der Waals surface area contributed by atoms with E-state index in [0.717, 1.165) is 29.9 Å². The Labute approximate surface area is 151 Å². The molecule has 1 unspecified atom stereocenters. The molecule has 2 aliphatic rings. The lowest BCUT2D eigenvalue weighted by Crippen LogP contribution is -2.28. The summed E-state index contributed by atoms with van der Waals surface area (Å²) in [5, 5.41) is 3.07. The number of amides is 1. The molecule has 1 atom stereocenters. The van der Waals surface area contributed by atoms with Crippen molar-refractivity contribution >= 4 is 12.0 Å². The van der Waals surface area contributed by atoms with Gasteiger partial charge in [0.25, 0.3) is 0 Å². The van der Waals surface area contributed by atoms with E-state index in [1.807, 2.05) is 18.2 Å². The van der Waals surface area contributed by atoms with Crippen LogP contribution in [0, 0.1) is 11.7 Å². The van der Waals surface area contributed by atoms with Crippen LogP contribution in [-0.2, 0) is 4.79 Å². The van der Waals surface area contributed by atoms with E-state index in [9.17, 15) is 9.18 Å². The summed E-state index contributed by atoms with van der Waals surface area (Å²) in [7, 11) is 0. The van der Waals surface area contributed by atoms with E-state index >= 15 is 0 Å². The Morgan fingerprint density at radius 2 is 1.92 bits per heavy atom. The lowest BCUT2D eigenvalue weighted by Gasteiger charge is -2.22. The van der Waals surface area contributed by atoms with Gasteiger partial charge in [-0.3, -0.25) is 4.79 Å². The van der Waals surface area contributed by atoms with Crippen LogP contribution in [0.1, 0.15) is 30.0 Å². The predicted octanol–water partition coefficient (Wildman–Crippen LogP) is 3.88. The Morgan fingerprint density at radius 1 is 1.12 bits per heavy atom. The monoisotopic (exact) mass is 353 g/mol. The van der Waals surface area contributed by atoms with Crippen LogP contribution in [-0.4, -0.2) is 19.1 Å². The van der Waals surface area contributed by atoms with Gasteiger partial charge < -0.3 is 14.8 Å². The Morgan fingerprint density at radius 3 is 2.69 bits per heavy atom. The average molecular weight is 353 g/mol. The number of rotatable bonds is 5. The first kappa shape index (κ1) is 16.6. The largest absolute Gasteiger partial charge is 0.486 e. The van der Waals surface area contributed by atoms with Gasteiger partial charge >= 0.3 is 0 Å². The molecular formula is C21H20FNO3. The van der Waals surface area contributed by atoms with E-state index < -0.39 is 0 Å². The highest BCUT2D eigenvalue weighted by molar-refractivity contribution is 5.92. The Hall–Kier alpha value is -2.82. The van der Waals surface area contributed by atoms with Crippen LogP contribution in [0.25, 0.3) is 6.08 Å². The van der Waals surface area contributed by atoms with Crippen LogP contribution in [0.5, 0.6) is 11.5 Å². The van der Waals surface area contributed by atoms with Gasteiger partial charge in [0.2, 0.25) is 5.91 Å². The summed E-state index contributed by atoms with van der Waals surface area (Å²) in [6.45, 7) is 1.09. The molecule has 0 aromatic heterocycles. The van der Waals surface area contributed by atoms with Crippen molar-refractivity contribution in [2.75, 3.05) is 13.2 Å². The lowest BCUT2D eigenvalue weighted by molar-refractivity contribution is -0.117. The summed E-state index contributed by atoms with van der Waals surface area (Å²) in [5.41, 5.74) is 1.67. The molecule has 4 nitrogen and oxygen atoms in total. The van der Waals surface area contributed by atoms with Gasteiger partial charge in [0, 0.05) is 6.08 Å². The lowest BCUT2D eigenvalue weighted by atomic mass is 10.0. The fourth-order valence-electron chi connectivity index (χ4n) is 3.14. The minimum Gasteiger partial charge on any atom is -0.486 e. The number of ether oxygens (including phenoxy) is 2. The summed E-state index contributed by atoms with van der Waals surface area (Å²) in [4.78, 5) is 12.4. The van der Waals surface area contributed by atoms with E-state index in [-0.39, 0.29) is 17.8 Å². The fourth-order valence-corrected chi connectivity index (χ4v) is 3.14. The minimum atomic E-state index is -0.320. The van der Waals surface area contributed by atoms with Gasteiger partial charge in [-0.1, -0.05) is 18.2 Å². The van der Waals surface area contributed by atoms with Crippen molar-refractivity contribution in [2.45, 2.75) is 18.9 Å². The number of halogens is 1. The molecule has 0 radical (unpaired) electrons. The molecular weight excluding hydrogens is 333 g/mol. The Balaban J connectivity index is 1.48. The molecule has 1 amide bonds. The van der Waals surface area contributed by atoms with Crippen LogP contribution in [0.2, 0.25) is 0 Å². The number of carbonyl (C=O) groups excluding carboxylic acids is 1. The molecule has 0 saturated heterocycles. The predicted molar refractivity (Wildman–Crippen MR) is 96.5 cm³/mol. The molecule has 1 aliphatic heterocycles. The van der Waals surface area contributed by atoms with Crippen molar-refractivity contribution in [2.24, 2.45) is 5.92 Å². The van der Waals surface area contributed by atoms with Crippen molar-refractivity contribution in [3.05, 3.63) is 65.5 Å². The second-order valence-corrected chi connectivity index (χ2v) is 6.62. The van der Waals surface area contributed by atoms with Gasteiger partial charge in [-0.25, -0.2) is 4.39 Å².